The molecule has 2 rings (SSSR count). The van der Waals surface area contributed by atoms with Gasteiger partial charge in [0, 0.05) is 5.56 Å². The Labute approximate surface area is 175 Å². The van der Waals surface area contributed by atoms with Crippen molar-refractivity contribution in [2.24, 2.45) is 0 Å². The molecule has 3 N–H and O–H groups in total. The minimum Gasteiger partial charge on any atom is -0.494 e. The predicted molar refractivity (Wildman–Crippen MR) is 112 cm³/mol. The van der Waals surface area contributed by atoms with Crippen molar-refractivity contribution >= 4 is 17.7 Å². The lowest BCUT2D eigenvalue weighted by Crippen LogP contribution is -2.50. The second kappa shape index (κ2) is 10.8. The van der Waals surface area contributed by atoms with Crippen molar-refractivity contribution in [2.45, 2.75) is 33.8 Å². The quantitative estimate of drug-likeness (QED) is 0.575. The molecule has 0 aliphatic rings. The van der Waals surface area contributed by atoms with E-state index in [1.807, 2.05) is 32.9 Å². The van der Waals surface area contributed by atoms with Gasteiger partial charge in [-0.1, -0.05) is 12.1 Å². The third-order valence-corrected chi connectivity index (χ3v) is 4.39. The SMILES string of the molecule is CCOc1ccc(C(=O)NCC(=O)NNC(=O)[C@H](C)Oc2cccc(C)c2C)cc1. The Morgan fingerprint density at radius 2 is 1.70 bits per heavy atom. The van der Waals surface area contributed by atoms with Crippen LogP contribution in [-0.2, 0) is 9.59 Å². The summed E-state index contributed by atoms with van der Waals surface area (Å²) in [7, 11) is 0. The first kappa shape index (κ1) is 22.7. The molecule has 3 amide bonds. The van der Waals surface area contributed by atoms with Crippen LogP contribution in [-0.4, -0.2) is 37.0 Å². The number of ether oxygens (including phenoxy) is 2. The molecule has 2 aromatic carbocycles. The summed E-state index contributed by atoms with van der Waals surface area (Å²) in [4.78, 5) is 36.1. The van der Waals surface area contributed by atoms with Crippen molar-refractivity contribution in [1.29, 1.82) is 0 Å². The van der Waals surface area contributed by atoms with Crippen LogP contribution in [0.5, 0.6) is 11.5 Å². The lowest BCUT2D eigenvalue weighted by molar-refractivity contribution is -0.132. The van der Waals surface area contributed by atoms with Crippen molar-refractivity contribution in [3.05, 3.63) is 59.2 Å². The summed E-state index contributed by atoms with van der Waals surface area (Å²) in [5.41, 5.74) is 6.93. The molecule has 0 bridgehead atoms. The largest absolute Gasteiger partial charge is 0.494 e. The molecule has 0 aromatic heterocycles. The third kappa shape index (κ3) is 6.51. The van der Waals surface area contributed by atoms with Crippen LogP contribution in [0.1, 0.15) is 35.3 Å². The molecule has 0 fully saturated rings. The zero-order valence-corrected chi connectivity index (χ0v) is 17.6. The van der Waals surface area contributed by atoms with Crippen LogP contribution in [0.25, 0.3) is 0 Å². The van der Waals surface area contributed by atoms with Crippen LogP contribution in [0, 0.1) is 13.8 Å². The predicted octanol–water partition coefficient (Wildman–Crippen LogP) is 2.05. The Hall–Kier alpha value is -3.55. The first-order chi connectivity index (χ1) is 14.3. The molecule has 8 heteroatoms. The van der Waals surface area contributed by atoms with Gasteiger partial charge >= 0.3 is 0 Å². The molecule has 0 saturated carbocycles. The smallest absolute Gasteiger partial charge is 0.279 e. The van der Waals surface area contributed by atoms with Gasteiger partial charge in [0.1, 0.15) is 11.5 Å². The van der Waals surface area contributed by atoms with Crippen LogP contribution in [0.2, 0.25) is 0 Å². The average molecular weight is 413 g/mol. The van der Waals surface area contributed by atoms with Crippen LogP contribution in [0.3, 0.4) is 0 Å². The van der Waals surface area contributed by atoms with Gasteiger partial charge in [-0.2, -0.15) is 0 Å². The number of aryl methyl sites for hydroxylation is 1. The highest BCUT2D eigenvalue weighted by atomic mass is 16.5. The highest BCUT2D eigenvalue weighted by Gasteiger charge is 2.17. The monoisotopic (exact) mass is 413 g/mol. The van der Waals surface area contributed by atoms with Gasteiger partial charge in [-0.3, -0.25) is 25.2 Å². The number of benzene rings is 2. The number of nitrogens with one attached hydrogen (secondary N) is 3. The van der Waals surface area contributed by atoms with E-state index in [4.69, 9.17) is 9.47 Å². The van der Waals surface area contributed by atoms with Crippen LogP contribution >= 0.6 is 0 Å². The number of amides is 3. The summed E-state index contributed by atoms with van der Waals surface area (Å²) in [6.45, 7) is 7.55. The van der Waals surface area contributed by atoms with E-state index in [1.54, 1.807) is 37.3 Å². The van der Waals surface area contributed by atoms with Crippen LogP contribution in [0.15, 0.2) is 42.5 Å². The number of rotatable bonds is 8. The molecule has 160 valence electrons. The first-order valence-corrected chi connectivity index (χ1v) is 9.64. The molecule has 0 radical (unpaired) electrons. The molecular formula is C22H27N3O5. The molecule has 0 unspecified atom stereocenters. The van der Waals surface area contributed by atoms with E-state index in [9.17, 15) is 14.4 Å². The van der Waals surface area contributed by atoms with Gasteiger partial charge in [0.25, 0.3) is 17.7 Å². The van der Waals surface area contributed by atoms with Gasteiger partial charge < -0.3 is 14.8 Å². The number of carbonyl (C=O) groups is 3. The molecule has 0 aliphatic carbocycles. The summed E-state index contributed by atoms with van der Waals surface area (Å²) < 4.78 is 11.0. The van der Waals surface area contributed by atoms with Crippen molar-refractivity contribution in [2.75, 3.05) is 13.2 Å². The fourth-order valence-corrected chi connectivity index (χ4v) is 2.50. The summed E-state index contributed by atoms with van der Waals surface area (Å²) in [5.74, 6) is -0.229. The summed E-state index contributed by atoms with van der Waals surface area (Å²) >= 11 is 0. The standard InChI is InChI=1S/C22H27N3O5/c1-5-29-18-11-9-17(10-12-18)22(28)23-13-20(26)24-25-21(27)16(4)30-19-8-6-7-14(2)15(19)3/h6-12,16H,5,13H2,1-4H3,(H,23,28)(H,24,26)(H,25,27)/t16-/m0/s1. The van der Waals surface area contributed by atoms with E-state index in [1.165, 1.54) is 0 Å². The number of hydrogen-bond acceptors (Lipinski definition) is 5. The zero-order chi connectivity index (χ0) is 22.1. The topological polar surface area (TPSA) is 106 Å². The molecule has 0 heterocycles. The number of hydrogen-bond donors (Lipinski definition) is 3. The highest BCUT2D eigenvalue weighted by molar-refractivity contribution is 5.96. The fourth-order valence-electron chi connectivity index (χ4n) is 2.50. The average Bonchev–Trinajstić information content (AvgIpc) is 2.74. The minimum atomic E-state index is -0.816. The number of hydrazine groups is 1. The Morgan fingerprint density at radius 3 is 2.37 bits per heavy atom. The van der Waals surface area contributed by atoms with E-state index in [-0.39, 0.29) is 6.54 Å². The summed E-state index contributed by atoms with van der Waals surface area (Å²) in [6, 6.07) is 12.1. The van der Waals surface area contributed by atoms with Crippen molar-refractivity contribution < 1.29 is 23.9 Å². The molecule has 0 aliphatic heterocycles. The van der Waals surface area contributed by atoms with Crippen molar-refractivity contribution in [3.8, 4) is 11.5 Å². The lowest BCUT2D eigenvalue weighted by atomic mass is 10.1. The molecule has 8 nitrogen and oxygen atoms in total. The Balaban J connectivity index is 1.76. The van der Waals surface area contributed by atoms with Gasteiger partial charge in [-0.15, -0.1) is 0 Å². The van der Waals surface area contributed by atoms with Crippen LogP contribution < -0.4 is 25.6 Å². The maximum Gasteiger partial charge on any atom is 0.279 e. The maximum absolute atomic E-state index is 12.1. The summed E-state index contributed by atoms with van der Waals surface area (Å²) in [5, 5.41) is 2.48. The van der Waals surface area contributed by atoms with Gasteiger partial charge in [0.05, 0.1) is 13.2 Å². The molecule has 30 heavy (non-hydrogen) atoms. The first-order valence-electron chi connectivity index (χ1n) is 9.64. The highest BCUT2D eigenvalue weighted by Crippen LogP contribution is 2.21. The second-order valence-corrected chi connectivity index (χ2v) is 6.64. The van der Waals surface area contributed by atoms with Gasteiger partial charge in [-0.05, 0) is 69.2 Å². The second-order valence-electron chi connectivity index (χ2n) is 6.64. The van der Waals surface area contributed by atoms with Gasteiger partial charge in [-0.25, -0.2) is 0 Å². The maximum atomic E-state index is 12.1. The van der Waals surface area contributed by atoms with E-state index in [0.717, 1.165) is 11.1 Å². The zero-order valence-electron chi connectivity index (χ0n) is 17.6. The van der Waals surface area contributed by atoms with E-state index < -0.39 is 23.8 Å². The molecule has 0 spiro atoms. The minimum absolute atomic E-state index is 0.293. The van der Waals surface area contributed by atoms with E-state index in [0.29, 0.717) is 23.7 Å². The Kier molecular flexibility index (Phi) is 8.22. The van der Waals surface area contributed by atoms with E-state index >= 15 is 0 Å². The normalized spacial score (nSPS) is 11.2. The lowest BCUT2D eigenvalue weighted by Gasteiger charge is -2.17. The van der Waals surface area contributed by atoms with Crippen molar-refractivity contribution in [3.63, 3.8) is 0 Å². The molecular weight excluding hydrogens is 386 g/mol. The molecule has 2 aromatic rings. The Morgan fingerprint density at radius 1 is 1.00 bits per heavy atom. The van der Waals surface area contributed by atoms with E-state index in [2.05, 4.69) is 16.2 Å². The Bertz CT molecular complexity index is 896. The van der Waals surface area contributed by atoms with Crippen molar-refractivity contribution in [1.82, 2.24) is 16.2 Å². The molecule has 1 atom stereocenters. The fraction of sp³-hybridized carbons (Fsp3) is 0.318. The molecule has 0 saturated heterocycles. The van der Waals surface area contributed by atoms with Crippen LogP contribution in [0.4, 0.5) is 0 Å². The van der Waals surface area contributed by atoms with Gasteiger partial charge in [0.15, 0.2) is 6.10 Å². The van der Waals surface area contributed by atoms with Gasteiger partial charge in [0.2, 0.25) is 0 Å². The third-order valence-electron chi connectivity index (χ3n) is 4.39. The number of carbonyl (C=O) groups excluding carboxylic acids is 3. The summed E-state index contributed by atoms with van der Waals surface area (Å²) in [6.07, 6.45) is -0.816.